The van der Waals surface area contributed by atoms with Gasteiger partial charge in [-0.2, -0.15) is 4.90 Å². The number of thioether (sulfide) groups is 2. The lowest BCUT2D eigenvalue weighted by Crippen LogP contribution is -2.30. The molecule has 0 bridgehead atoms. The first kappa shape index (κ1) is 15.5. The molecule has 0 spiro atoms. The Morgan fingerprint density at radius 2 is 2.00 bits per heavy atom. The van der Waals surface area contributed by atoms with Crippen molar-refractivity contribution in [2.24, 2.45) is 0 Å². The van der Waals surface area contributed by atoms with E-state index >= 15 is 0 Å². The highest BCUT2D eigenvalue weighted by Gasteiger charge is 2.46. The molecule has 2 aliphatic heterocycles. The second kappa shape index (κ2) is 6.01. The summed E-state index contributed by atoms with van der Waals surface area (Å²) in [6.07, 6.45) is 2.03. The van der Waals surface area contributed by atoms with Crippen LogP contribution in [-0.2, 0) is 4.79 Å². The van der Waals surface area contributed by atoms with Crippen LogP contribution in [0.3, 0.4) is 0 Å². The van der Waals surface area contributed by atoms with E-state index in [-0.39, 0.29) is 5.91 Å². The second-order valence-electron chi connectivity index (χ2n) is 5.06. The van der Waals surface area contributed by atoms with Gasteiger partial charge in [0.2, 0.25) is 5.70 Å². The molecule has 0 radical (unpaired) electrons. The van der Waals surface area contributed by atoms with Gasteiger partial charge in [0.1, 0.15) is 5.03 Å². The van der Waals surface area contributed by atoms with Gasteiger partial charge in [0, 0.05) is 11.9 Å². The van der Waals surface area contributed by atoms with Gasteiger partial charge >= 0.3 is 11.1 Å². The molecule has 0 atom stereocenters. The van der Waals surface area contributed by atoms with Crippen LogP contribution >= 0.6 is 23.5 Å². The van der Waals surface area contributed by atoms with Gasteiger partial charge in [-0.25, -0.2) is 9.37 Å². The fraction of sp³-hybridized carbons (Fsp3) is 0.375. The minimum absolute atomic E-state index is 0.107. The standard InChI is InChI=1S/C16H20N3OS2/c1-5-18-13(14(20)19(6-2)16(18)21-4)15-17(3)11-9-7-8-10-12(11)22-15/h7-10H,5-6H2,1-4H3/q+1/b15-13+. The molecule has 1 amide bonds. The molecule has 0 fully saturated rings. The van der Waals surface area contributed by atoms with Crippen LogP contribution in [0.2, 0.25) is 0 Å². The maximum absolute atomic E-state index is 12.9. The van der Waals surface area contributed by atoms with Crippen LogP contribution in [0.4, 0.5) is 5.69 Å². The van der Waals surface area contributed by atoms with Gasteiger partial charge < -0.3 is 4.90 Å². The Hall–Kier alpha value is -1.40. The Kier molecular flexibility index (Phi) is 4.23. The number of hydrogen-bond acceptors (Lipinski definition) is 4. The molecule has 0 saturated carbocycles. The minimum atomic E-state index is 0.107. The molecule has 0 saturated heterocycles. The van der Waals surface area contributed by atoms with Crippen LogP contribution in [-0.4, -0.2) is 46.9 Å². The number of amidine groups is 1. The first-order valence-corrected chi connectivity index (χ1v) is 9.43. The predicted octanol–water partition coefficient (Wildman–Crippen LogP) is 3.01. The van der Waals surface area contributed by atoms with E-state index in [1.165, 1.54) is 10.6 Å². The molecular weight excluding hydrogens is 314 g/mol. The molecule has 1 aromatic carbocycles. The zero-order valence-electron chi connectivity index (χ0n) is 13.3. The van der Waals surface area contributed by atoms with Crippen LogP contribution in [0, 0.1) is 0 Å². The van der Waals surface area contributed by atoms with Crippen LogP contribution in [0.1, 0.15) is 13.8 Å². The Bertz CT molecular complexity index is 696. The Labute approximate surface area is 139 Å². The molecule has 1 aromatic rings. The number of para-hydroxylation sites is 1. The van der Waals surface area contributed by atoms with E-state index in [0.29, 0.717) is 6.54 Å². The molecule has 0 unspecified atom stereocenters. The summed E-state index contributed by atoms with van der Waals surface area (Å²) in [4.78, 5) is 18.1. The lowest BCUT2D eigenvalue weighted by molar-refractivity contribution is -0.461. The average molecular weight is 334 g/mol. The lowest BCUT2D eigenvalue weighted by Gasteiger charge is -2.14. The molecular formula is C16H20N3OS2+. The Morgan fingerprint density at radius 3 is 2.59 bits per heavy atom. The number of benzene rings is 1. The summed E-state index contributed by atoms with van der Waals surface area (Å²) in [6, 6.07) is 8.29. The first-order chi connectivity index (χ1) is 10.6. The third-order valence-corrected chi connectivity index (χ3v) is 5.97. The second-order valence-corrected chi connectivity index (χ2v) is 6.87. The average Bonchev–Trinajstić information content (AvgIpc) is 3.01. The maximum Gasteiger partial charge on any atom is 0.384 e. The van der Waals surface area contributed by atoms with Crippen LogP contribution in [0.25, 0.3) is 0 Å². The summed E-state index contributed by atoms with van der Waals surface area (Å²) < 4.78 is 2.14. The number of amides is 1. The summed E-state index contributed by atoms with van der Waals surface area (Å²) in [6.45, 7) is 5.61. The fourth-order valence-electron chi connectivity index (χ4n) is 2.88. The Balaban J connectivity index is 2.15. The molecule has 2 aliphatic rings. The maximum atomic E-state index is 12.9. The number of hydrogen-bond donors (Lipinski definition) is 0. The smallest absolute Gasteiger partial charge is 0.334 e. The van der Waals surface area contributed by atoms with Gasteiger partial charge in [0.15, 0.2) is 0 Å². The highest BCUT2D eigenvalue weighted by Crippen LogP contribution is 2.47. The van der Waals surface area contributed by atoms with Crippen LogP contribution < -0.4 is 4.90 Å². The van der Waals surface area contributed by atoms with Crippen molar-refractivity contribution >= 4 is 40.3 Å². The molecule has 3 rings (SSSR count). The van der Waals surface area contributed by atoms with E-state index in [2.05, 4.69) is 28.5 Å². The molecule has 22 heavy (non-hydrogen) atoms. The zero-order valence-corrected chi connectivity index (χ0v) is 14.9. The SMILES string of the molecule is CCN1C(=O)/C(=C2\Sc3ccccc3N2C)[N+](CC)=C1SC. The van der Waals surface area contributed by atoms with Crippen LogP contribution in [0.15, 0.2) is 39.9 Å². The molecule has 6 heteroatoms. The molecule has 0 aliphatic carbocycles. The van der Waals surface area contributed by atoms with E-state index in [0.717, 1.165) is 22.4 Å². The molecule has 4 nitrogen and oxygen atoms in total. The minimum Gasteiger partial charge on any atom is -0.334 e. The molecule has 116 valence electrons. The number of nitrogens with zero attached hydrogens (tertiary/aromatic N) is 3. The van der Waals surface area contributed by atoms with Crippen molar-refractivity contribution in [3.63, 3.8) is 0 Å². The van der Waals surface area contributed by atoms with Crippen LogP contribution in [0.5, 0.6) is 0 Å². The lowest BCUT2D eigenvalue weighted by atomic mass is 10.3. The van der Waals surface area contributed by atoms with Crippen molar-refractivity contribution in [2.75, 3.05) is 31.3 Å². The quantitative estimate of drug-likeness (QED) is 0.613. The van der Waals surface area contributed by atoms with E-state index in [1.807, 2.05) is 37.3 Å². The van der Waals surface area contributed by atoms with E-state index in [1.54, 1.807) is 23.5 Å². The number of rotatable bonds is 2. The van der Waals surface area contributed by atoms with Crippen molar-refractivity contribution in [1.29, 1.82) is 0 Å². The fourth-order valence-corrected chi connectivity index (χ4v) is 4.95. The van der Waals surface area contributed by atoms with Gasteiger partial charge in [0.25, 0.3) is 0 Å². The van der Waals surface area contributed by atoms with Gasteiger partial charge in [-0.1, -0.05) is 23.9 Å². The molecule has 2 heterocycles. The third-order valence-electron chi connectivity index (χ3n) is 3.93. The summed E-state index contributed by atoms with van der Waals surface area (Å²) in [5.41, 5.74) is 1.97. The van der Waals surface area contributed by atoms with Gasteiger partial charge in [-0.15, -0.1) is 0 Å². The third kappa shape index (κ3) is 2.16. The summed E-state index contributed by atoms with van der Waals surface area (Å²) in [5, 5.41) is 2.05. The predicted molar refractivity (Wildman–Crippen MR) is 94.4 cm³/mol. The molecule has 0 aromatic heterocycles. The van der Waals surface area contributed by atoms with E-state index < -0.39 is 0 Å². The van der Waals surface area contributed by atoms with E-state index in [4.69, 9.17) is 0 Å². The number of carbonyl (C=O) groups excluding carboxylic acids is 1. The topological polar surface area (TPSA) is 26.6 Å². The van der Waals surface area contributed by atoms with Crippen molar-refractivity contribution < 1.29 is 9.37 Å². The van der Waals surface area contributed by atoms with Crippen molar-refractivity contribution in [1.82, 2.24) is 4.90 Å². The van der Waals surface area contributed by atoms with Gasteiger partial charge in [0.05, 0.1) is 18.8 Å². The van der Waals surface area contributed by atoms with Crippen molar-refractivity contribution in [3.05, 3.63) is 35.0 Å². The number of likely N-dealkylation sites (N-methyl/N-ethyl adjacent to an activating group) is 2. The molecule has 0 N–H and O–H groups in total. The largest absolute Gasteiger partial charge is 0.384 e. The summed E-state index contributed by atoms with van der Waals surface area (Å²) in [7, 11) is 2.04. The van der Waals surface area contributed by atoms with E-state index in [9.17, 15) is 4.79 Å². The van der Waals surface area contributed by atoms with Crippen molar-refractivity contribution in [3.8, 4) is 0 Å². The normalized spacial score (nSPS) is 21.2. The highest BCUT2D eigenvalue weighted by molar-refractivity contribution is 8.13. The number of carbonyl (C=O) groups is 1. The Morgan fingerprint density at radius 1 is 1.27 bits per heavy atom. The summed E-state index contributed by atoms with van der Waals surface area (Å²) in [5.74, 6) is 0.107. The zero-order chi connectivity index (χ0) is 15.9. The van der Waals surface area contributed by atoms with Crippen molar-refractivity contribution in [2.45, 2.75) is 18.7 Å². The number of fused-ring (bicyclic) bond motifs is 1. The monoisotopic (exact) mass is 334 g/mol. The first-order valence-electron chi connectivity index (χ1n) is 7.39. The van der Waals surface area contributed by atoms with Gasteiger partial charge in [-0.3, -0.25) is 0 Å². The summed E-state index contributed by atoms with van der Waals surface area (Å²) >= 11 is 3.32. The highest BCUT2D eigenvalue weighted by atomic mass is 32.2. The number of anilines is 1. The van der Waals surface area contributed by atoms with Gasteiger partial charge in [-0.05, 0) is 44.0 Å².